The molecular weight excluding hydrogens is 322 g/mol. The average Bonchev–Trinajstić information content (AvgIpc) is 2.84. The number of carbonyl (C=O) groups is 2. The SMILES string of the molecule is CCOC(=O)CS[C@H]1Sc2ccccc2N1CC(=O)OCC. The van der Waals surface area contributed by atoms with E-state index in [4.69, 9.17) is 9.47 Å². The van der Waals surface area contributed by atoms with Crippen LogP contribution in [0.1, 0.15) is 13.8 Å². The van der Waals surface area contributed by atoms with E-state index in [1.54, 1.807) is 25.6 Å². The Balaban J connectivity index is 2.05. The number of fused-ring (bicyclic) bond motifs is 1. The van der Waals surface area contributed by atoms with Crippen LogP contribution in [0.25, 0.3) is 0 Å². The molecule has 1 aliphatic heterocycles. The summed E-state index contributed by atoms with van der Waals surface area (Å²) in [5.74, 6) is -0.236. The molecule has 0 saturated heterocycles. The summed E-state index contributed by atoms with van der Waals surface area (Å²) in [5.41, 5.74) is 1.00. The van der Waals surface area contributed by atoms with E-state index in [0.29, 0.717) is 13.2 Å². The van der Waals surface area contributed by atoms with Gasteiger partial charge in [-0.15, -0.1) is 11.8 Å². The van der Waals surface area contributed by atoms with Crippen LogP contribution in [-0.2, 0) is 19.1 Å². The average molecular weight is 341 g/mol. The second-order valence-corrected chi connectivity index (χ2v) is 6.93. The van der Waals surface area contributed by atoms with Gasteiger partial charge in [-0.3, -0.25) is 9.59 Å². The Labute approximate surface area is 138 Å². The first kappa shape index (κ1) is 17.0. The molecule has 1 aliphatic rings. The monoisotopic (exact) mass is 341 g/mol. The van der Waals surface area contributed by atoms with E-state index < -0.39 is 0 Å². The van der Waals surface area contributed by atoms with Gasteiger partial charge in [-0.2, -0.15) is 0 Å². The Bertz CT molecular complexity index is 538. The second kappa shape index (κ2) is 8.33. The van der Waals surface area contributed by atoms with Crippen LogP contribution in [0.4, 0.5) is 5.69 Å². The van der Waals surface area contributed by atoms with Crippen molar-refractivity contribution in [3.63, 3.8) is 0 Å². The molecule has 0 aromatic heterocycles. The van der Waals surface area contributed by atoms with E-state index in [2.05, 4.69) is 0 Å². The lowest BCUT2D eigenvalue weighted by molar-refractivity contribution is -0.141. The summed E-state index contributed by atoms with van der Waals surface area (Å²) in [5, 5.41) is 0. The van der Waals surface area contributed by atoms with Crippen LogP contribution in [0.15, 0.2) is 29.2 Å². The zero-order chi connectivity index (χ0) is 15.9. The minimum Gasteiger partial charge on any atom is -0.465 e. The van der Waals surface area contributed by atoms with Gasteiger partial charge in [0.2, 0.25) is 0 Å². The quantitative estimate of drug-likeness (QED) is 0.707. The number of ether oxygens (including phenoxy) is 2. The van der Waals surface area contributed by atoms with Crippen molar-refractivity contribution in [2.75, 3.05) is 30.4 Å². The Kier molecular flexibility index (Phi) is 6.45. The highest BCUT2D eigenvalue weighted by Crippen LogP contribution is 2.47. The predicted molar refractivity (Wildman–Crippen MR) is 89.2 cm³/mol. The smallest absolute Gasteiger partial charge is 0.325 e. The van der Waals surface area contributed by atoms with E-state index in [1.165, 1.54) is 11.8 Å². The van der Waals surface area contributed by atoms with Gasteiger partial charge in [0.25, 0.3) is 0 Å². The fraction of sp³-hybridized carbons (Fsp3) is 0.467. The van der Waals surface area contributed by atoms with Crippen LogP contribution >= 0.6 is 23.5 Å². The highest BCUT2D eigenvalue weighted by Gasteiger charge is 2.32. The molecular formula is C15H19NO4S2. The highest BCUT2D eigenvalue weighted by atomic mass is 32.2. The van der Waals surface area contributed by atoms with Crippen LogP contribution in [0, 0.1) is 0 Å². The summed E-state index contributed by atoms with van der Waals surface area (Å²) < 4.78 is 9.96. The van der Waals surface area contributed by atoms with Crippen molar-refractivity contribution < 1.29 is 19.1 Å². The molecule has 2 rings (SSSR count). The lowest BCUT2D eigenvalue weighted by atomic mass is 10.3. The number of rotatable bonds is 7. The van der Waals surface area contributed by atoms with E-state index in [0.717, 1.165) is 10.6 Å². The molecule has 0 spiro atoms. The molecule has 22 heavy (non-hydrogen) atoms. The Morgan fingerprint density at radius 2 is 1.86 bits per heavy atom. The van der Waals surface area contributed by atoms with Crippen LogP contribution in [0.3, 0.4) is 0 Å². The van der Waals surface area contributed by atoms with Gasteiger partial charge < -0.3 is 14.4 Å². The summed E-state index contributed by atoms with van der Waals surface area (Å²) in [6.07, 6.45) is 0. The lowest BCUT2D eigenvalue weighted by Crippen LogP contribution is -2.34. The molecule has 7 heteroatoms. The van der Waals surface area contributed by atoms with Crippen LogP contribution in [0.2, 0.25) is 0 Å². The van der Waals surface area contributed by atoms with Crippen LogP contribution < -0.4 is 4.90 Å². The summed E-state index contributed by atoms with van der Waals surface area (Å²) in [6.45, 7) is 4.50. The zero-order valence-electron chi connectivity index (χ0n) is 12.6. The van der Waals surface area contributed by atoms with Crippen LogP contribution in [-0.4, -0.2) is 42.2 Å². The first-order valence-corrected chi connectivity index (χ1v) is 9.03. The Hall–Kier alpha value is -1.34. The van der Waals surface area contributed by atoms with Gasteiger partial charge in [-0.1, -0.05) is 23.9 Å². The molecule has 0 bridgehead atoms. The first-order valence-electron chi connectivity index (χ1n) is 7.10. The minimum absolute atomic E-state index is 0.0359. The minimum atomic E-state index is -0.262. The molecule has 1 atom stereocenters. The summed E-state index contributed by atoms with van der Waals surface area (Å²) in [4.78, 5) is 26.4. The van der Waals surface area contributed by atoms with Crippen molar-refractivity contribution in [1.82, 2.24) is 0 Å². The number of thioether (sulfide) groups is 2. The molecule has 1 heterocycles. The number of para-hydroxylation sites is 1. The van der Waals surface area contributed by atoms with E-state index in [-0.39, 0.29) is 28.9 Å². The molecule has 5 nitrogen and oxygen atoms in total. The molecule has 0 amide bonds. The number of anilines is 1. The zero-order valence-corrected chi connectivity index (χ0v) is 14.2. The normalized spacial score (nSPS) is 16.3. The number of benzene rings is 1. The molecule has 0 radical (unpaired) electrons. The van der Waals surface area contributed by atoms with Gasteiger partial charge >= 0.3 is 11.9 Å². The van der Waals surface area contributed by atoms with Crippen LogP contribution in [0.5, 0.6) is 0 Å². The van der Waals surface area contributed by atoms with Gasteiger partial charge in [-0.05, 0) is 26.0 Å². The van der Waals surface area contributed by atoms with E-state index in [9.17, 15) is 9.59 Å². The molecule has 0 N–H and O–H groups in total. The van der Waals surface area contributed by atoms with E-state index >= 15 is 0 Å². The lowest BCUT2D eigenvalue weighted by Gasteiger charge is -2.24. The van der Waals surface area contributed by atoms with Gasteiger partial charge in [0.15, 0.2) is 0 Å². The summed E-state index contributed by atoms with van der Waals surface area (Å²) in [7, 11) is 0. The molecule has 0 fully saturated rings. The largest absolute Gasteiger partial charge is 0.465 e. The number of carbonyl (C=O) groups excluding carboxylic acids is 2. The number of hydrogen-bond donors (Lipinski definition) is 0. The molecule has 1 aromatic rings. The van der Waals surface area contributed by atoms with Crippen molar-refractivity contribution in [1.29, 1.82) is 0 Å². The molecule has 0 unspecified atom stereocenters. The number of hydrogen-bond acceptors (Lipinski definition) is 7. The molecule has 1 aromatic carbocycles. The highest BCUT2D eigenvalue weighted by molar-refractivity contribution is 8.17. The predicted octanol–water partition coefficient (Wildman–Crippen LogP) is 2.74. The fourth-order valence-corrected chi connectivity index (χ4v) is 4.56. The number of esters is 2. The summed E-state index contributed by atoms with van der Waals surface area (Å²) >= 11 is 3.10. The van der Waals surface area contributed by atoms with Crippen molar-refractivity contribution in [2.24, 2.45) is 0 Å². The van der Waals surface area contributed by atoms with E-state index in [1.807, 2.05) is 29.2 Å². The summed E-state index contributed by atoms with van der Waals surface area (Å²) in [6, 6.07) is 7.90. The van der Waals surface area contributed by atoms with Gasteiger partial charge in [0.05, 0.1) is 24.7 Å². The maximum Gasteiger partial charge on any atom is 0.325 e. The standard InChI is InChI=1S/C15H19NO4S2/c1-3-19-13(17)9-16-11-7-5-6-8-12(11)22-15(16)21-10-14(18)20-4-2/h5-8,15H,3-4,9-10H2,1-2H3/t15-/m0/s1. The topological polar surface area (TPSA) is 55.8 Å². The van der Waals surface area contributed by atoms with Crippen molar-refractivity contribution >= 4 is 41.1 Å². The molecule has 120 valence electrons. The Morgan fingerprint density at radius 1 is 1.18 bits per heavy atom. The molecule has 0 aliphatic carbocycles. The second-order valence-electron chi connectivity index (χ2n) is 4.44. The van der Waals surface area contributed by atoms with Gasteiger partial charge in [0.1, 0.15) is 11.3 Å². The number of nitrogens with zero attached hydrogens (tertiary/aromatic N) is 1. The third-order valence-corrected chi connectivity index (χ3v) is 5.61. The third-order valence-electron chi connectivity index (χ3n) is 2.91. The first-order chi connectivity index (χ1) is 10.7. The van der Waals surface area contributed by atoms with Gasteiger partial charge in [-0.25, -0.2) is 0 Å². The van der Waals surface area contributed by atoms with Crippen molar-refractivity contribution in [3.8, 4) is 0 Å². The maximum absolute atomic E-state index is 11.8. The van der Waals surface area contributed by atoms with Gasteiger partial charge in [0, 0.05) is 4.90 Å². The molecule has 0 saturated carbocycles. The Morgan fingerprint density at radius 3 is 2.59 bits per heavy atom. The fourth-order valence-electron chi connectivity index (χ4n) is 2.05. The third kappa shape index (κ3) is 4.33. The van der Waals surface area contributed by atoms with Crippen molar-refractivity contribution in [2.45, 2.75) is 23.4 Å². The van der Waals surface area contributed by atoms with Crippen molar-refractivity contribution in [3.05, 3.63) is 24.3 Å². The maximum atomic E-state index is 11.8.